The fourth-order valence-corrected chi connectivity index (χ4v) is 2.87. The quantitative estimate of drug-likeness (QED) is 0.579. The molecule has 2 unspecified atom stereocenters. The molecule has 0 aromatic rings. The maximum atomic E-state index is 4.43. The molecule has 0 fully saturated rings. The summed E-state index contributed by atoms with van der Waals surface area (Å²) in [5.41, 5.74) is -0.0183. The van der Waals surface area contributed by atoms with Crippen molar-refractivity contribution < 1.29 is 0 Å². The SMILES string of the molecule is CC=NC(C)(C)CC(C)(C)N=CC.CC=NC(C)CC(C)N(C)C. The molecule has 0 rings (SSSR count). The second kappa shape index (κ2) is 12.3. The molecule has 0 N–H and O–H groups in total. The van der Waals surface area contributed by atoms with E-state index in [2.05, 4.69) is 75.5 Å². The number of nitrogens with zero attached hydrogens (tertiary/aromatic N) is 4. The highest BCUT2D eigenvalue weighted by Crippen LogP contribution is 2.25. The van der Waals surface area contributed by atoms with E-state index in [1.165, 1.54) is 0 Å². The third-order valence-corrected chi connectivity index (χ3v) is 3.79. The number of rotatable bonds is 8. The van der Waals surface area contributed by atoms with Crippen LogP contribution in [0.4, 0.5) is 0 Å². The maximum absolute atomic E-state index is 4.43. The summed E-state index contributed by atoms with van der Waals surface area (Å²) in [5, 5.41) is 0. The first-order chi connectivity index (χ1) is 10.9. The largest absolute Gasteiger partial charge is 0.307 e. The van der Waals surface area contributed by atoms with E-state index in [1.807, 2.05) is 39.4 Å². The van der Waals surface area contributed by atoms with Gasteiger partial charge in [0.15, 0.2) is 0 Å². The van der Waals surface area contributed by atoms with Gasteiger partial charge in [-0.25, -0.2) is 0 Å². The molecule has 4 heteroatoms. The molecular formula is C20H42N4. The van der Waals surface area contributed by atoms with Crippen LogP contribution in [0.5, 0.6) is 0 Å². The highest BCUT2D eigenvalue weighted by atomic mass is 15.1. The Hall–Kier alpha value is -1.03. The smallest absolute Gasteiger partial charge is 0.0570 e. The van der Waals surface area contributed by atoms with Gasteiger partial charge in [0.2, 0.25) is 0 Å². The number of hydrogen-bond acceptors (Lipinski definition) is 4. The van der Waals surface area contributed by atoms with Crippen molar-refractivity contribution in [3.63, 3.8) is 0 Å². The van der Waals surface area contributed by atoms with Gasteiger partial charge in [0.05, 0.1) is 11.1 Å². The van der Waals surface area contributed by atoms with Crippen LogP contribution >= 0.6 is 0 Å². The van der Waals surface area contributed by atoms with Crippen molar-refractivity contribution in [3.05, 3.63) is 0 Å². The summed E-state index contributed by atoms with van der Waals surface area (Å²) < 4.78 is 0. The van der Waals surface area contributed by atoms with Crippen molar-refractivity contribution in [2.45, 2.75) is 98.3 Å². The first-order valence-electron chi connectivity index (χ1n) is 9.04. The van der Waals surface area contributed by atoms with Crippen LogP contribution in [-0.2, 0) is 0 Å². The summed E-state index contributed by atoms with van der Waals surface area (Å²) >= 11 is 0. The molecule has 0 bridgehead atoms. The van der Waals surface area contributed by atoms with Crippen LogP contribution in [0.3, 0.4) is 0 Å². The molecule has 24 heavy (non-hydrogen) atoms. The van der Waals surface area contributed by atoms with Gasteiger partial charge in [-0.05, 0) is 108 Å². The topological polar surface area (TPSA) is 40.3 Å². The molecular weight excluding hydrogens is 296 g/mol. The molecule has 0 aliphatic carbocycles. The summed E-state index contributed by atoms with van der Waals surface area (Å²) in [7, 11) is 4.21. The van der Waals surface area contributed by atoms with Gasteiger partial charge in [-0.2, -0.15) is 0 Å². The lowest BCUT2D eigenvalue weighted by molar-refractivity contribution is 0.287. The first kappa shape index (κ1) is 25.2. The number of hydrogen-bond donors (Lipinski definition) is 0. The Kier molecular flexibility index (Phi) is 13.0. The monoisotopic (exact) mass is 338 g/mol. The third kappa shape index (κ3) is 14.6. The van der Waals surface area contributed by atoms with E-state index in [-0.39, 0.29) is 11.1 Å². The van der Waals surface area contributed by atoms with Gasteiger partial charge in [-0.15, -0.1) is 0 Å². The molecule has 0 radical (unpaired) electrons. The third-order valence-electron chi connectivity index (χ3n) is 3.79. The second-order valence-electron chi connectivity index (χ2n) is 7.88. The van der Waals surface area contributed by atoms with Crippen molar-refractivity contribution >= 4 is 18.6 Å². The van der Waals surface area contributed by atoms with Gasteiger partial charge in [-0.1, -0.05) is 0 Å². The summed E-state index contributed by atoms with van der Waals surface area (Å²) in [5.74, 6) is 0. The Morgan fingerprint density at radius 3 is 1.54 bits per heavy atom. The predicted octanol–water partition coefficient (Wildman–Crippen LogP) is 4.92. The Labute approximate surface area is 151 Å². The van der Waals surface area contributed by atoms with Gasteiger partial charge < -0.3 is 4.90 Å². The molecule has 0 spiro atoms. The highest BCUT2D eigenvalue weighted by Gasteiger charge is 2.26. The first-order valence-corrected chi connectivity index (χ1v) is 9.04. The molecule has 0 aromatic carbocycles. The van der Waals surface area contributed by atoms with Crippen molar-refractivity contribution in [2.75, 3.05) is 14.1 Å². The summed E-state index contributed by atoms with van der Waals surface area (Å²) in [6.07, 6.45) is 7.72. The minimum Gasteiger partial charge on any atom is -0.307 e. The molecule has 0 amide bonds. The van der Waals surface area contributed by atoms with Gasteiger partial charge in [0, 0.05) is 12.1 Å². The molecule has 4 nitrogen and oxygen atoms in total. The highest BCUT2D eigenvalue weighted by molar-refractivity contribution is 5.55. The Balaban J connectivity index is 0. The normalized spacial score (nSPS) is 16.0. The summed E-state index contributed by atoms with van der Waals surface area (Å²) in [4.78, 5) is 15.4. The van der Waals surface area contributed by atoms with Gasteiger partial charge in [-0.3, -0.25) is 15.0 Å². The van der Waals surface area contributed by atoms with Crippen molar-refractivity contribution in [2.24, 2.45) is 15.0 Å². The molecule has 0 saturated heterocycles. The van der Waals surface area contributed by atoms with E-state index in [0.717, 1.165) is 12.8 Å². The second-order valence-corrected chi connectivity index (χ2v) is 7.88. The lowest BCUT2D eigenvalue weighted by atomic mass is 9.88. The van der Waals surface area contributed by atoms with Gasteiger partial charge in [0.1, 0.15) is 0 Å². The fraction of sp³-hybridized carbons (Fsp3) is 0.850. The zero-order valence-corrected chi connectivity index (χ0v) is 18.1. The van der Waals surface area contributed by atoms with E-state index in [9.17, 15) is 0 Å². The van der Waals surface area contributed by atoms with Crippen LogP contribution in [0.2, 0.25) is 0 Å². The van der Waals surface area contributed by atoms with E-state index in [1.54, 1.807) is 0 Å². The van der Waals surface area contributed by atoms with Crippen LogP contribution < -0.4 is 0 Å². The standard InChI is InChI=1S/C11H22N2.C9H20N2/c1-7-12-10(3,4)9-11(5,6)13-8-2;1-6-10-8(2)7-9(3)11(4)5/h7-8H,9H2,1-6H3;6,8-9H,7H2,1-5H3. The molecule has 2 atom stereocenters. The van der Waals surface area contributed by atoms with Crippen molar-refractivity contribution in [3.8, 4) is 0 Å². The number of aliphatic imine (C=N–C) groups is 3. The van der Waals surface area contributed by atoms with Gasteiger partial charge in [0.25, 0.3) is 0 Å². The van der Waals surface area contributed by atoms with Crippen LogP contribution in [0.25, 0.3) is 0 Å². The molecule has 0 heterocycles. The van der Waals surface area contributed by atoms with E-state index in [0.29, 0.717) is 12.1 Å². The van der Waals surface area contributed by atoms with Crippen LogP contribution in [0, 0.1) is 0 Å². The molecule has 0 aliphatic heterocycles. The van der Waals surface area contributed by atoms with Crippen molar-refractivity contribution in [1.29, 1.82) is 0 Å². The van der Waals surface area contributed by atoms with E-state index < -0.39 is 0 Å². The molecule has 0 aliphatic rings. The minimum atomic E-state index is -0.00917. The zero-order chi connectivity index (χ0) is 19.4. The minimum absolute atomic E-state index is 0.00917. The van der Waals surface area contributed by atoms with E-state index in [4.69, 9.17) is 0 Å². The molecule has 0 saturated carbocycles. The molecule has 142 valence electrons. The van der Waals surface area contributed by atoms with Crippen molar-refractivity contribution in [1.82, 2.24) is 4.90 Å². The Morgan fingerprint density at radius 1 is 0.833 bits per heavy atom. The predicted molar refractivity (Wildman–Crippen MR) is 113 cm³/mol. The average molecular weight is 339 g/mol. The lowest BCUT2D eigenvalue weighted by Crippen LogP contribution is -2.30. The maximum Gasteiger partial charge on any atom is 0.0570 e. The van der Waals surface area contributed by atoms with Crippen LogP contribution in [0.15, 0.2) is 15.0 Å². The Morgan fingerprint density at radius 2 is 1.25 bits per heavy atom. The summed E-state index contributed by atoms with van der Waals surface area (Å²) in [6.45, 7) is 18.8. The van der Waals surface area contributed by atoms with Crippen LogP contribution in [-0.4, -0.2) is 60.8 Å². The fourth-order valence-electron chi connectivity index (χ4n) is 2.87. The van der Waals surface area contributed by atoms with Gasteiger partial charge >= 0.3 is 0 Å². The van der Waals surface area contributed by atoms with E-state index >= 15 is 0 Å². The lowest BCUT2D eigenvalue weighted by Gasteiger charge is -2.29. The van der Waals surface area contributed by atoms with Crippen LogP contribution in [0.1, 0.15) is 75.2 Å². The molecule has 0 aromatic heterocycles. The summed E-state index contributed by atoms with van der Waals surface area (Å²) in [6, 6.07) is 1.08. The average Bonchev–Trinajstić information content (AvgIpc) is 2.37. The Bertz CT molecular complexity index is 370. The zero-order valence-electron chi connectivity index (χ0n) is 18.1.